The molecule has 0 fully saturated rings. The third-order valence-electron chi connectivity index (χ3n) is 6.71. The van der Waals surface area contributed by atoms with Crippen LogP contribution in [0.4, 0.5) is 0 Å². The lowest BCUT2D eigenvalue weighted by Crippen LogP contribution is -2.45. The standard InChI is InChI=1S/C27H37NS2/c1-16-14-17(2)25(18(3)15-16)30(9,28-27(6,7)8)26-20(5)19(4)23-21-12-10-11-13-22(21)29-24(23)26/h10-15,23-24,26,28H,1-9H3. The van der Waals surface area contributed by atoms with Crippen molar-refractivity contribution in [3.8, 4) is 0 Å². The maximum atomic E-state index is 4.22. The molecule has 4 rings (SSSR count). The van der Waals surface area contributed by atoms with Gasteiger partial charge in [-0.05, 0) is 84.4 Å². The highest BCUT2D eigenvalue weighted by molar-refractivity contribution is 8.32. The van der Waals surface area contributed by atoms with Crippen LogP contribution in [-0.4, -0.2) is 22.3 Å². The van der Waals surface area contributed by atoms with Crippen molar-refractivity contribution >= 4 is 22.0 Å². The van der Waals surface area contributed by atoms with Crippen LogP contribution in [-0.2, 0) is 0 Å². The third-order valence-corrected chi connectivity index (χ3v) is 12.5. The van der Waals surface area contributed by atoms with Crippen LogP contribution in [0.1, 0.15) is 62.8 Å². The van der Waals surface area contributed by atoms with Gasteiger partial charge in [-0.25, -0.2) is 0 Å². The fourth-order valence-corrected chi connectivity index (χ4v) is 13.2. The molecule has 1 aliphatic carbocycles. The first-order valence-electron chi connectivity index (χ1n) is 11.0. The molecule has 162 valence electrons. The van der Waals surface area contributed by atoms with Crippen LogP contribution >= 0.6 is 22.0 Å². The highest BCUT2D eigenvalue weighted by Crippen LogP contribution is 2.69. The molecule has 0 bridgehead atoms. The fourth-order valence-electron chi connectivity index (χ4n) is 6.00. The zero-order valence-corrected chi connectivity index (χ0v) is 21.6. The number of hydrogen-bond donors (Lipinski definition) is 1. The van der Waals surface area contributed by atoms with Gasteiger partial charge in [-0.2, -0.15) is 10.2 Å². The SMILES string of the molecule is CC1=C(C)C(S(C)(NC(C)(C)C)c2c(C)cc(C)cc2C)C2Sc3ccccc3C12. The monoisotopic (exact) mass is 439 g/mol. The van der Waals surface area contributed by atoms with Gasteiger partial charge >= 0.3 is 0 Å². The molecule has 2 aromatic carbocycles. The van der Waals surface area contributed by atoms with Gasteiger partial charge in [0, 0.05) is 31.7 Å². The predicted molar refractivity (Wildman–Crippen MR) is 136 cm³/mol. The zero-order valence-electron chi connectivity index (χ0n) is 20.0. The molecule has 0 radical (unpaired) electrons. The van der Waals surface area contributed by atoms with E-state index in [0.717, 1.165) is 0 Å². The number of thioether (sulfide) groups is 1. The van der Waals surface area contributed by atoms with Crippen molar-refractivity contribution in [2.24, 2.45) is 0 Å². The molecule has 4 unspecified atom stereocenters. The van der Waals surface area contributed by atoms with E-state index in [0.29, 0.717) is 16.4 Å². The Bertz CT molecular complexity index is 1010. The lowest BCUT2D eigenvalue weighted by atomic mass is 9.93. The second kappa shape index (κ2) is 7.46. The Morgan fingerprint density at radius 3 is 2.10 bits per heavy atom. The number of aryl methyl sites for hydroxylation is 3. The van der Waals surface area contributed by atoms with Crippen LogP contribution < -0.4 is 4.72 Å². The van der Waals surface area contributed by atoms with Crippen LogP contribution in [0.25, 0.3) is 0 Å². The van der Waals surface area contributed by atoms with Crippen LogP contribution in [0.15, 0.2) is 57.3 Å². The van der Waals surface area contributed by atoms with Gasteiger partial charge in [-0.15, -0.1) is 11.8 Å². The molecule has 0 spiro atoms. The summed E-state index contributed by atoms with van der Waals surface area (Å²) in [5.41, 5.74) is 9.05. The van der Waals surface area contributed by atoms with Gasteiger partial charge in [0.1, 0.15) is 0 Å². The summed E-state index contributed by atoms with van der Waals surface area (Å²) in [6.45, 7) is 18.6. The molecule has 0 saturated heterocycles. The first kappa shape index (κ1) is 22.0. The predicted octanol–water partition coefficient (Wildman–Crippen LogP) is 7.68. The molecule has 2 aliphatic rings. The van der Waals surface area contributed by atoms with Crippen molar-refractivity contribution in [2.75, 3.05) is 6.26 Å². The summed E-state index contributed by atoms with van der Waals surface area (Å²) in [7, 11) is -1.31. The summed E-state index contributed by atoms with van der Waals surface area (Å²) in [5.74, 6) is 0.552. The molecule has 1 heterocycles. The van der Waals surface area contributed by atoms with Crippen LogP contribution in [0.5, 0.6) is 0 Å². The van der Waals surface area contributed by atoms with Crippen LogP contribution in [0.2, 0.25) is 0 Å². The highest BCUT2D eigenvalue weighted by atomic mass is 32.3. The van der Waals surface area contributed by atoms with Crippen molar-refractivity contribution in [1.82, 2.24) is 4.72 Å². The Morgan fingerprint density at radius 2 is 1.50 bits per heavy atom. The lowest BCUT2D eigenvalue weighted by Gasteiger charge is -2.51. The lowest BCUT2D eigenvalue weighted by molar-refractivity contribution is 0.527. The number of allylic oxidation sites excluding steroid dienone is 1. The molecule has 0 aromatic heterocycles. The summed E-state index contributed by atoms with van der Waals surface area (Å²) in [4.78, 5) is 3.05. The van der Waals surface area contributed by atoms with Crippen molar-refractivity contribution in [3.63, 3.8) is 0 Å². The van der Waals surface area contributed by atoms with Crippen molar-refractivity contribution in [1.29, 1.82) is 0 Å². The minimum atomic E-state index is -1.31. The Morgan fingerprint density at radius 1 is 0.900 bits per heavy atom. The first-order chi connectivity index (χ1) is 13.9. The van der Waals surface area contributed by atoms with E-state index in [1.54, 1.807) is 21.6 Å². The Hall–Kier alpha value is -1.16. The Kier molecular flexibility index (Phi) is 5.48. The summed E-state index contributed by atoms with van der Waals surface area (Å²) >= 11 is 2.12. The van der Waals surface area contributed by atoms with Crippen LogP contribution in [0, 0.1) is 20.8 Å². The number of fused-ring (bicyclic) bond motifs is 3. The normalized spacial score (nSPS) is 26.4. The van der Waals surface area contributed by atoms with E-state index in [9.17, 15) is 0 Å². The molecule has 4 atom stereocenters. The smallest absolute Gasteiger partial charge is 0.0384 e. The molecule has 3 heteroatoms. The van der Waals surface area contributed by atoms with Gasteiger partial charge in [0.05, 0.1) is 0 Å². The van der Waals surface area contributed by atoms with Crippen LogP contribution in [0.3, 0.4) is 0 Å². The number of rotatable bonds is 3. The second-order valence-electron chi connectivity index (χ2n) is 10.4. The van der Waals surface area contributed by atoms with Crippen molar-refractivity contribution in [2.45, 2.75) is 87.1 Å². The summed E-state index contributed by atoms with van der Waals surface area (Å²) in [5, 5.41) is 1.11. The average Bonchev–Trinajstić information content (AvgIpc) is 3.07. The summed E-state index contributed by atoms with van der Waals surface area (Å²) in [6.07, 6.45) is 2.55. The average molecular weight is 440 g/mol. The maximum absolute atomic E-state index is 4.22. The molecule has 1 aliphatic heterocycles. The Labute approximate surface area is 189 Å². The molecule has 1 nitrogen and oxygen atoms in total. The van der Waals surface area contributed by atoms with Crippen molar-refractivity contribution < 1.29 is 0 Å². The maximum Gasteiger partial charge on any atom is 0.0384 e. The van der Waals surface area contributed by atoms with Gasteiger partial charge in [-0.1, -0.05) is 47.0 Å². The Balaban J connectivity index is 1.92. The topological polar surface area (TPSA) is 12.0 Å². The molecular weight excluding hydrogens is 402 g/mol. The molecule has 0 amide bonds. The van der Waals surface area contributed by atoms with E-state index >= 15 is 0 Å². The number of benzene rings is 2. The molecule has 1 N–H and O–H groups in total. The summed E-state index contributed by atoms with van der Waals surface area (Å²) < 4.78 is 4.22. The first-order valence-corrected chi connectivity index (χ1v) is 14.0. The third kappa shape index (κ3) is 3.47. The largest absolute Gasteiger partial charge is 0.271 e. The van der Waals surface area contributed by atoms with E-state index in [2.05, 4.69) is 115 Å². The van der Waals surface area contributed by atoms with E-state index < -0.39 is 10.2 Å². The molecule has 30 heavy (non-hydrogen) atoms. The van der Waals surface area contributed by atoms with E-state index in [4.69, 9.17) is 0 Å². The number of hydrogen-bond acceptors (Lipinski definition) is 2. The zero-order chi connectivity index (χ0) is 22.0. The van der Waals surface area contributed by atoms with Gasteiger partial charge in [0.25, 0.3) is 0 Å². The summed E-state index contributed by atoms with van der Waals surface area (Å²) in [6, 6.07) is 13.9. The van der Waals surface area contributed by atoms with Crippen molar-refractivity contribution in [3.05, 3.63) is 69.8 Å². The van der Waals surface area contributed by atoms with Gasteiger partial charge in [0.2, 0.25) is 0 Å². The molecular formula is C27H37NS2. The van der Waals surface area contributed by atoms with Gasteiger partial charge < -0.3 is 0 Å². The fraction of sp³-hybridized carbons (Fsp3) is 0.481. The quantitative estimate of drug-likeness (QED) is 0.492. The minimum absolute atomic E-state index is 0.0518. The second-order valence-corrected chi connectivity index (χ2v) is 14.7. The number of nitrogens with one attached hydrogen (secondary N) is 1. The highest BCUT2D eigenvalue weighted by Gasteiger charge is 2.52. The van der Waals surface area contributed by atoms with E-state index in [1.165, 1.54) is 21.6 Å². The molecule has 0 saturated carbocycles. The molecule has 2 aromatic rings. The van der Waals surface area contributed by atoms with E-state index in [1.807, 2.05) is 0 Å². The van der Waals surface area contributed by atoms with E-state index in [-0.39, 0.29) is 5.54 Å². The van der Waals surface area contributed by atoms with Gasteiger partial charge in [0.15, 0.2) is 0 Å². The van der Waals surface area contributed by atoms with Gasteiger partial charge in [-0.3, -0.25) is 4.72 Å². The minimum Gasteiger partial charge on any atom is -0.271 e.